The summed E-state index contributed by atoms with van der Waals surface area (Å²) in [5, 5.41) is 3.18. The molecule has 2 N–H and O–H groups in total. The SMILES string of the molecule is O=Cc1ccccc1CNc1ncnc2nc[nH]c12. The van der Waals surface area contributed by atoms with Gasteiger partial charge in [-0.05, 0) is 5.56 Å². The highest BCUT2D eigenvalue weighted by Gasteiger charge is 2.06. The van der Waals surface area contributed by atoms with Crippen LogP contribution in [0.2, 0.25) is 0 Å². The fraction of sp³-hybridized carbons (Fsp3) is 0.0769. The molecule has 0 saturated heterocycles. The Morgan fingerprint density at radius 1 is 1.21 bits per heavy atom. The van der Waals surface area contributed by atoms with Gasteiger partial charge in [-0.3, -0.25) is 4.79 Å². The lowest BCUT2D eigenvalue weighted by Crippen LogP contribution is -2.04. The average Bonchev–Trinajstić information content (AvgIpc) is 2.94. The largest absolute Gasteiger partial charge is 0.364 e. The number of hydrogen-bond donors (Lipinski definition) is 2. The standard InChI is InChI=1S/C13H11N5O/c19-6-10-4-2-1-3-9(10)5-14-12-11-13(16-7-15-11)18-8-17-12/h1-4,6-8H,5H2,(H2,14,15,16,17,18). The highest BCUT2D eigenvalue weighted by Crippen LogP contribution is 2.16. The van der Waals surface area contributed by atoms with Crippen LogP contribution < -0.4 is 5.32 Å². The number of nitrogens with zero attached hydrogens (tertiary/aromatic N) is 3. The Morgan fingerprint density at radius 3 is 3.00 bits per heavy atom. The summed E-state index contributed by atoms with van der Waals surface area (Å²) in [7, 11) is 0. The van der Waals surface area contributed by atoms with Crippen LogP contribution in [0.5, 0.6) is 0 Å². The fourth-order valence-corrected chi connectivity index (χ4v) is 1.89. The molecule has 0 radical (unpaired) electrons. The molecule has 0 spiro atoms. The van der Waals surface area contributed by atoms with Crippen molar-refractivity contribution in [2.45, 2.75) is 6.54 Å². The van der Waals surface area contributed by atoms with E-state index in [0.717, 1.165) is 17.4 Å². The third-order valence-corrected chi connectivity index (χ3v) is 2.85. The predicted octanol–water partition coefficient (Wildman–Crippen LogP) is 1.78. The van der Waals surface area contributed by atoms with Gasteiger partial charge in [0.05, 0.1) is 6.33 Å². The molecular weight excluding hydrogens is 242 g/mol. The molecule has 6 heteroatoms. The monoisotopic (exact) mass is 253 g/mol. The van der Waals surface area contributed by atoms with Gasteiger partial charge in [0, 0.05) is 12.1 Å². The van der Waals surface area contributed by atoms with E-state index in [9.17, 15) is 4.79 Å². The topological polar surface area (TPSA) is 83.6 Å². The Kier molecular flexibility index (Phi) is 2.89. The second-order valence-electron chi connectivity index (χ2n) is 3.99. The average molecular weight is 253 g/mol. The van der Waals surface area contributed by atoms with Gasteiger partial charge in [0.15, 0.2) is 11.5 Å². The molecule has 6 nitrogen and oxygen atoms in total. The molecule has 19 heavy (non-hydrogen) atoms. The maximum atomic E-state index is 10.9. The second-order valence-corrected chi connectivity index (χ2v) is 3.99. The summed E-state index contributed by atoms with van der Waals surface area (Å²) in [4.78, 5) is 26.2. The second kappa shape index (κ2) is 4.85. The van der Waals surface area contributed by atoms with Crippen molar-refractivity contribution >= 4 is 23.3 Å². The first kappa shape index (κ1) is 11.3. The van der Waals surface area contributed by atoms with Crippen LogP contribution in [0.3, 0.4) is 0 Å². The quantitative estimate of drug-likeness (QED) is 0.692. The fourth-order valence-electron chi connectivity index (χ4n) is 1.89. The molecule has 3 aromatic rings. The minimum Gasteiger partial charge on any atom is -0.364 e. The van der Waals surface area contributed by atoms with Crippen molar-refractivity contribution in [2.24, 2.45) is 0 Å². The van der Waals surface area contributed by atoms with Crippen LogP contribution in [-0.2, 0) is 6.54 Å². The number of benzene rings is 1. The van der Waals surface area contributed by atoms with E-state index in [1.807, 2.05) is 18.2 Å². The lowest BCUT2D eigenvalue weighted by Gasteiger charge is -2.07. The maximum Gasteiger partial charge on any atom is 0.182 e. The molecule has 0 amide bonds. The number of aromatic amines is 1. The van der Waals surface area contributed by atoms with Crippen molar-refractivity contribution in [2.75, 3.05) is 5.32 Å². The number of nitrogens with one attached hydrogen (secondary N) is 2. The first-order chi connectivity index (χ1) is 9.38. The van der Waals surface area contributed by atoms with E-state index in [1.165, 1.54) is 6.33 Å². The number of imidazole rings is 1. The van der Waals surface area contributed by atoms with Crippen LogP contribution in [0, 0.1) is 0 Å². The molecule has 0 aliphatic heterocycles. The van der Waals surface area contributed by atoms with E-state index in [4.69, 9.17) is 0 Å². The molecule has 2 aromatic heterocycles. The summed E-state index contributed by atoms with van der Waals surface area (Å²) >= 11 is 0. The van der Waals surface area contributed by atoms with Crippen molar-refractivity contribution in [3.63, 3.8) is 0 Å². The molecule has 0 saturated carbocycles. The first-order valence-electron chi connectivity index (χ1n) is 5.79. The van der Waals surface area contributed by atoms with Crippen LogP contribution in [-0.4, -0.2) is 26.2 Å². The Morgan fingerprint density at radius 2 is 2.11 bits per heavy atom. The van der Waals surface area contributed by atoms with Crippen molar-refractivity contribution in [1.82, 2.24) is 19.9 Å². The summed E-state index contributed by atoms with van der Waals surface area (Å²) in [5.41, 5.74) is 2.96. The van der Waals surface area contributed by atoms with Crippen molar-refractivity contribution in [3.8, 4) is 0 Å². The number of fused-ring (bicyclic) bond motifs is 1. The van der Waals surface area contributed by atoms with E-state index in [2.05, 4.69) is 25.3 Å². The van der Waals surface area contributed by atoms with Gasteiger partial charge in [-0.15, -0.1) is 0 Å². The van der Waals surface area contributed by atoms with Crippen LogP contribution >= 0.6 is 0 Å². The summed E-state index contributed by atoms with van der Waals surface area (Å²) in [6.07, 6.45) is 3.88. The number of anilines is 1. The molecule has 0 bridgehead atoms. The molecule has 0 aliphatic rings. The molecule has 0 atom stereocenters. The summed E-state index contributed by atoms with van der Waals surface area (Å²) < 4.78 is 0. The van der Waals surface area contributed by atoms with Crippen molar-refractivity contribution < 1.29 is 4.79 Å². The minimum atomic E-state index is 0.514. The third-order valence-electron chi connectivity index (χ3n) is 2.85. The van der Waals surface area contributed by atoms with E-state index < -0.39 is 0 Å². The molecule has 0 aliphatic carbocycles. The zero-order valence-corrected chi connectivity index (χ0v) is 10.00. The summed E-state index contributed by atoms with van der Waals surface area (Å²) in [6, 6.07) is 7.43. The van der Waals surface area contributed by atoms with E-state index in [0.29, 0.717) is 23.6 Å². The normalized spacial score (nSPS) is 10.5. The Balaban J connectivity index is 1.86. The van der Waals surface area contributed by atoms with Gasteiger partial charge >= 0.3 is 0 Å². The van der Waals surface area contributed by atoms with Gasteiger partial charge in [-0.25, -0.2) is 15.0 Å². The van der Waals surface area contributed by atoms with Gasteiger partial charge in [-0.1, -0.05) is 24.3 Å². The van der Waals surface area contributed by atoms with E-state index in [1.54, 1.807) is 12.4 Å². The van der Waals surface area contributed by atoms with Crippen LogP contribution in [0.15, 0.2) is 36.9 Å². The smallest absolute Gasteiger partial charge is 0.182 e. The highest BCUT2D eigenvalue weighted by atomic mass is 16.1. The molecule has 2 heterocycles. The van der Waals surface area contributed by atoms with Gasteiger partial charge < -0.3 is 10.3 Å². The Labute approximate surface area is 108 Å². The first-order valence-corrected chi connectivity index (χ1v) is 5.79. The number of carbonyl (C=O) groups excluding carboxylic acids is 1. The number of rotatable bonds is 4. The number of hydrogen-bond acceptors (Lipinski definition) is 5. The zero-order chi connectivity index (χ0) is 13.1. The summed E-state index contributed by atoms with van der Waals surface area (Å²) in [6.45, 7) is 0.514. The predicted molar refractivity (Wildman–Crippen MR) is 70.8 cm³/mol. The zero-order valence-electron chi connectivity index (χ0n) is 10.00. The highest BCUT2D eigenvalue weighted by molar-refractivity contribution is 5.82. The Hall–Kier alpha value is -2.76. The van der Waals surface area contributed by atoms with Gasteiger partial charge in [0.2, 0.25) is 0 Å². The van der Waals surface area contributed by atoms with Gasteiger partial charge in [0.1, 0.15) is 18.1 Å². The minimum absolute atomic E-state index is 0.514. The summed E-state index contributed by atoms with van der Waals surface area (Å²) in [5.74, 6) is 0.670. The molecule has 3 rings (SSSR count). The lowest BCUT2D eigenvalue weighted by molar-refractivity contribution is 0.112. The third kappa shape index (κ3) is 2.15. The van der Waals surface area contributed by atoms with Crippen molar-refractivity contribution in [3.05, 3.63) is 48.0 Å². The lowest BCUT2D eigenvalue weighted by atomic mass is 10.1. The number of carbonyl (C=O) groups is 1. The number of H-pyrrole nitrogens is 1. The molecular formula is C13H11N5O. The maximum absolute atomic E-state index is 10.9. The Bertz CT molecular complexity index is 722. The molecule has 0 fully saturated rings. The van der Waals surface area contributed by atoms with Gasteiger partial charge in [-0.2, -0.15) is 0 Å². The number of aldehydes is 1. The van der Waals surface area contributed by atoms with E-state index >= 15 is 0 Å². The molecule has 1 aromatic carbocycles. The van der Waals surface area contributed by atoms with Gasteiger partial charge in [0.25, 0.3) is 0 Å². The number of aromatic nitrogens is 4. The van der Waals surface area contributed by atoms with Crippen LogP contribution in [0.25, 0.3) is 11.2 Å². The van der Waals surface area contributed by atoms with E-state index in [-0.39, 0.29) is 0 Å². The molecule has 0 unspecified atom stereocenters. The van der Waals surface area contributed by atoms with Crippen molar-refractivity contribution in [1.29, 1.82) is 0 Å². The van der Waals surface area contributed by atoms with Crippen LogP contribution in [0.4, 0.5) is 5.82 Å². The molecule has 94 valence electrons. The van der Waals surface area contributed by atoms with Crippen LogP contribution in [0.1, 0.15) is 15.9 Å².